The van der Waals surface area contributed by atoms with Crippen LogP contribution in [0.25, 0.3) is 10.9 Å². The van der Waals surface area contributed by atoms with Crippen LogP contribution in [0.15, 0.2) is 24.4 Å². The van der Waals surface area contributed by atoms with Gasteiger partial charge in [0.2, 0.25) is 0 Å². The predicted molar refractivity (Wildman–Crippen MR) is 78.3 cm³/mol. The molecule has 1 atom stereocenters. The molecule has 21 heavy (non-hydrogen) atoms. The number of hydrogen-bond acceptors (Lipinski definition) is 4. The molecule has 1 aromatic carbocycles. The molecule has 2 rings (SSSR count). The maximum absolute atomic E-state index is 13.7. The van der Waals surface area contributed by atoms with Crippen molar-refractivity contribution in [1.29, 1.82) is 0 Å². The molecule has 1 unspecified atom stereocenters. The van der Waals surface area contributed by atoms with Gasteiger partial charge in [0.05, 0.1) is 18.5 Å². The molecule has 0 spiro atoms. The monoisotopic (exact) mass is 292 g/mol. The number of carboxylic acid groups (broad SMARTS) is 1. The van der Waals surface area contributed by atoms with Crippen LogP contribution in [0.2, 0.25) is 0 Å². The Bertz CT molecular complexity index is 675. The number of hydrogen-bond donors (Lipinski definition) is 1. The third kappa shape index (κ3) is 3.04. The van der Waals surface area contributed by atoms with Crippen LogP contribution in [0.5, 0.6) is 5.75 Å². The Balaban J connectivity index is 2.46. The number of benzene rings is 1. The topological polar surface area (TPSA) is 62.7 Å². The lowest BCUT2D eigenvalue weighted by molar-refractivity contribution is -0.140. The summed E-state index contributed by atoms with van der Waals surface area (Å²) in [6.45, 7) is 1.98. The Morgan fingerprint density at radius 3 is 2.86 bits per heavy atom. The van der Waals surface area contributed by atoms with E-state index in [0.717, 1.165) is 11.1 Å². The zero-order chi connectivity index (χ0) is 15.6. The maximum Gasteiger partial charge on any atom is 0.308 e. The molecule has 1 heterocycles. The van der Waals surface area contributed by atoms with Crippen LogP contribution in [0.3, 0.4) is 0 Å². The normalized spacial score (nSPS) is 12.2. The van der Waals surface area contributed by atoms with Crippen molar-refractivity contribution in [2.24, 2.45) is 5.92 Å². The molecule has 0 radical (unpaired) electrons. The van der Waals surface area contributed by atoms with E-state index in [0.29, 0.717) is 12.1 Å². The number of nitrogens with zero attached hydrogens (tertiary/aromatic N) is 2. The Morgan fingerprint density at radius 2 is 2.24 bits per heavy atom. The van der Waals surface area contributed by atoms with E-state index in [4.69, 9.17) is 9.84 Å². The summed E-state index contributed by atoms with van der Waals surface area (Å²) in [5.41, 5.74) is 1.28. The number of rotatable bonds is 5. The molecule has 0 fully saturated rings. The fourth-order valence-corrected chi connectivity index (χ4v) is 2.21. The molecular formula is C15H17FN2O3. The number of carboxylic acids is 1. The second kappa shape index (κ2) is 5.95. The highest BCUT2D eigenvalue weighted by Crippen LogP contribution is 2.30. The number of methoxy groups -OCH3 is 1. The minimum atomic E-state index is -0.858. The van der Waals surface area contributed by atoms with Crippen LogP contribution in [-0.2, 0) is 4.79 Å². The van der Waals surface area contributed by atoms with Gasteiger partial charge >= 0.3 is 5.97 Å². The van der Waals surface area contributed by atoms with Gasteiger partial charge in [0, 0.05) is 36.9 Å². The van der Waals surface area contributed by atoms with E-state index in [9.17, 15) is 9.18 Å². The van der Waals surface area contributed by atoms with Crippen molar-refractivity contribution in [3.8, 4) is 5.75 Å². The summed E-state index contributed by atoms with van der Waals surface area (Å²) >= 11 is 0. The van der Waals surface area contributed by atoms with Crippen molar-refractivity contribution in [3.05, 3.63) is 30.2 Å². The van der Waals surface area contributed by atoms with Crippen LogP contribution in [0.1, 0.15) is 6.92 Å². The molecule has 0 saturated heterocycles. The standard InChI is InChI=1S/C15H17FN2O3/c1-9(15(19)20)8-18(2)13-4-5-17-12-7-11(16)14(21-3)6-10(12)13/h4-7,9H,8H2,1-3H3,(H,19,20). The molecule has 5 nitrogen and oxygen atoms in total. The third-order valence-electron chi connectivity index (χ3n) is 3.37. The first-order chi connectivity index (χ1) is 9.93. The predicted octanol–water partition coefficient (Wildman–Crippen LogP) is 2.54. The van der Waals surface area contributed by atoms with Crippen LogP contribution in [0, 0.1) is 11.7 Å². The van der Waals surface area contributed by atoms with E-state index >= 15 is 0 Å². The summed E-state index contributed by atoms with van der Waals surface area (Å²) in [6.07, 6.45) is 1.57. The van der Waals surface area contributed by atoms with Crippen molar-refractivity contribution in [2.75, 3.05) is 25.6 Å². The van der Waals surface area contributed by atoms with Gasteiger partial charge in [-0.3, -0.25) is 9.78 Å². The highest BCUT2D eigenvalue weighted by atomic mass is 19.1. The fourth-order valence-electron chi connectivity index (χ4n) is 2.21. The second-order valence-electron chi connectivity index (χ2n) is 4.95. The van der Waals surface area contributed by atoms with Gasteiger partial charge in [-0.25, -0.2) is 4.39 Å². The van der Waals surface area contributed by atoms with E-state index in [1.165, 1.54) is 13.2 Å². The lowest BCUT2D eigenvalue weighted by atomic mass is 10.1. The smallest absolute Gasteiger partial charge is 0.308 e. The van der Waals surface area contributed by atoms with E-state index in [1.807, 2.05) is 4.90 Å². The molecule has 1 N–H and O–H groups in total. The van der Waals surface area contributed by atoms with Crippen LogP contribution < -0.4 is 9.64 Å². The van der Waals surface area contributed by atoms with E-state index in [1.54, 1.807) is 32.3 Å². The molecule has 1 aromatic heterocycles. The van der Waals surface area contributed by atoms with Crippen molar-refractivity contribution in [2.45, 2.75) is 6.92 Å². The minimum absolute atomic E-state index is 0.136. The molecule has 2 aromatic rings. The lowest BCUT2D eigenvalue weighted by Crippen LogP contribution is -2.28. The summed E-state index contributed by atoms with van der Waals surface area (Å²) in [7, 11) is 3.19. The Labute approximate surface area is 122 Å². The molecule has 0 aliphatic rings. The number of aliphatic carboxylic acids is 1. The number of ether oxygens (including phenoxy) is 1. The lowest BCUT2D eigenvalue weighted by Gasteiger charge is -2.23. The number of carbonyl (C=O) groups is 1. The number of halogens is 1. The van der Waals surface area contributed by atoms with Gasteiger partial charge in [0.1, 0.15) is 0 Å². The third-order valence-corrected chi connectivity index (χ3v) is 3.37. The first-order valence-electron chi connectivity index (χ1n) is 6.50. The zero-order valence-corrected chi connectivity index (χ0v) is 12.1. The van der Waals surface area contributed by atoms with Crippen molar-refractivity contribution in [3.63, 3.8) is 0 Å². The fraction of sp³-hybridized carbons (Fsp3) is 0.333. The highest BCUT2D eigenvalue weighted by Gasteiger charge is 2.16. The van der Waals surface area contributed by atoms with Gasteiger partial charge in [-0.2, -0.15) is 0 Å². The largest absolute Gasteiger partial charge is 0.494 e. The molecule has 0 aliphatic carbocycles. The summed E-state index contributed by atoms with van der Waals surface area (Å²) in [5, 5.41) is 9.72. The first kappa shape index (κ1) is 15.0. The zero-order valence-electron chi connectivity index (χ0n) is 12.1. The number of pyridine rings is 1. The van der Waals surface area contributed by atoms with E-state index in [2.05, 4.69) is 4.98 Å². The Hall–Kier alpha value is -2.37. The molecule has 0 aliphatic heterocycles. The summed E-state index contributed by atoms with van der Waals surface area (Å²) < 4.78 is 18.7. The number of fused-ring (bicyclic) bond motifs is 1. The van der Waals surface area contributed by atoms with Crippen LogP contribution in [0.4, 0.5) is 10.1 Å². The van der Waals surface area contributed by atoms with Gasteiger partial charge in [-0.05, 0) is 12.1 Å². The number of anilines is 1. The van der Waals surface area contributed by atoms with Crippen LogP contribution >= 0.6 is 0 Å². The molecule has 0 amide bonds. The quantitative estimate of drug-likeness (QED) is 0.917. The second-order valence-corrected chi connectivity index (χ2v) is 4.95. The van der Waals surface area contributed by atoms with E-state index in [-0.39, 0.29) is 5.75 Å². The average molecular weight is 292 g/mol. The van der Waals surface area contributed by atoms with Crippen molar-refractivity contribution in [1.82, 2.24) is 4.98 Å². The van der Waals surface area contributed by atoms with Gasteiger partial charge < -0.3 is 14.7 Å². The molecule has 0 bridgehead atoms. The van der Waals surface area contributed by atoms with Gasteiger partial charge in [0.25, 0.3) is 0 Å². The SMILES string of the molecule is COc1cc2c(N(C)CC(C)C(=O)O)ccnc2cc1F. The Morgan fingerprint density at radius 1 is 1.52 bits per heavy atom. The molecule has 0 saturated carbocycles. The number of aromatic nitrogens is 1. The minimum Gasteiger partial charge on any atom is -0.494 e. The van der Waals surface area contributed by atoms with Crippen LogP contribution in [-0.4, -0.2) is 36.8 Å². The van der Waals surface area contributed by atoms with Gasteiger partial charge in [0.15, 0.2) is 11.6 Å². The molecular weight excluding hydrogens is 275 g/mol. The summed E-state index contributed by atoms with van der Waals surface area (Å²) in [5.74, 6) is -1.71. The van der Waals surface area contributed by atoms with E-state index < -0.39 is 17.7 Å². The molecule has 112 valence electrons. The van der Waals surface area contributed by atoms with Crippen molar-refractivity contribution >= 4 is 22.6 Å². The first-order valence-corrected chi connectivity index (χ1v) is 6.50. The molecule has 6 heteroatoms. The summed E-state index contributed by atoms with van der Waals surface area (Å²) in [4.78, 5) is 16.9. The highest BCUT2D eigenvalue weighted by molar-refractivity contribution is 5.92. The average Bonchev–Trinajstić information content (AvgIpc) is 2.45. The summed E-state index contributed by atoms with van der Waals surface area (Å²) in [6, 6.07) is 4.66. The Kier molecular flexibility index (Phi) is 4.26. The maximum atomic E-state index is 13.7. The van der Waals surface area contributed by atoms with Gasteiger partial charge in [-0.1, -0.05) is 6.92 Å². The van der Waals surface area contributed by atoms with Crippen molar-refractivity contribution < 1.29 is 19.0 Å². The van der Waals surface area contributed by atoms with Gasteiger partial charge in [-0.15, -0.1) is 0 Å².